The molecule has 0 saturated carbocycles. The van der Waals surface area contributed by atoms with E-state index in [4.69, 9.17) is 5.73 Å². The zero-order valence-corrected chi connectivity index (χ0v) is 13.7. The van der Waals surface area contributed by atoms with Crippen LogP contribution in [0.15, 0.2) is 53.5 Å². The highest BCUT2D eigenvalue weighted by atomic mass is 19.1. The van der Waals surface area contributed by atoms with Gasteiger partial charge in [0, 0.05) is 13.0 Å². The van der Waals surface area contributed by atoms with E-state index in [1.807, 2.05) is 0 Å². The van der Waals surface area contributed by atoms with Crippen molar-refractivity contribution in [3.63, 3.8) is 0 Å². The van der Waals surface area contributed by atoms with E-state index < -0.39 is 0 Å². The molecule has 1 saturated heterocycles. The normalized spacial score (nSPS) is 18.0. The summed E-state index contributed by atoms with van der Waals surface area (Å²) in [6.07, 6.45) is 1.06. The van der Waals surface area contributed by atoms with Gasteiger partial charge in [-0.25, -0.2) is 4.39 Å². The second-order valence-corrected chi connectivity index (χ2v) is 6.11. The largest absolute Gasteiger partial charge is 0.508 e. The summed E-state index contributed by atoms with van der Waals surface area (Å²) in [6.45, 7) is 0.778. The Morgan fingerprint density at radius 1 is 1.16 bits per heavy atom. The predicted molar refractivity (Wildman–Crippen MR) is 93.4 cm³/mol. The van der Waals surface area contributed by atoms with Crippen molar-refractivity contribution in [2.75, 3.05) is 0 Å². The number of likely N-dealkylation sites (tertiary alicyclic amines) is 1. The van der Waals surface area contributed by atoms with Gasteiger partial charge in [-0.3, -0.25) is 9.79 Å². The molecule has 1 atom stereocenters. The average molecular weight is 341 g/mol. The van der Waals surface area contributed by atoms with Crippen LogP contribution in [0.1, 0.15) is 24.0 Å². The highest BCUT2D eigenvalue weighted by molar-refractivity contribution is 5.93. The van der Waals surface area contributed by atoms with E-state index in [-0.39, 0.29) is 23.5 Å². The quantitative estimate of drug-likeness (QED) is 0.648. The minimum absolute atomic E-state index is 0.0251. The number of nitrogens with two attached hydrogens (primary N) is 1. The smallest absolute Gasteiger partial charge is 0.223 e. The molecule has 0 aromatic heterocycles. The van der Waals surface area contributed by atoms with Crippen molar-refractivity contribution in [1.29, 1.82) is 0 Å². The van der Waals surface area contributed by atoms with Gasteiger partial charge in [-0.15, -0.1) is 0 Å². The predicted octanol–water partition coefficient (Wildman–Crippen LogP) is 2.58. The van der Waals surface area contributed by atoms with Crippen LogP contribution < -0.4 is 5.73 Å². The molecule has 3 rings (SSSR count). The number of phenols is 1. The lowest BCUT2D eigenvalue weighted by Crippen LogP contribution is -2.42. The van der Waals surface area contributed by atoms with E-state index in [2.05, 4.69) is 4.99 Å². The summed E-state index contributed by atoms with van der Waals surface area (Å²) >= 11 is 0. The van der Waals surface area contributed by atoms with Crippen LogP contribution in [0, 0.1) is 5.82 Å². The number of rotatable bonds is 5. The number of aromatic hydroxyl groups is 1. The van der Waals surface area contributed by atoms with Crippen molar-refractivity contribution >= 4 is 11.7 Å². The molecule has 1 heterocycles. The molecule has 1 unspecified atom stereocenters. The zero-order valence-electron chi connectivity index (χ0n) is 13.7. The van der Waals surface area contributed by atoms with Crippen molar-refractivity contribution < 1.29 is 14.3 Å². The summed E-state index contributed by atoms with van der Waals surface area (Å²) < 4.78 is 13.0. The number of hydrogen-bond acceptors (Lipinski definition) is 3. The molecule has 0 radical (unpaired) electrons. The highest BCUT2D eigenvalue weighted by Crippen LogP contribution is 2.22. The van der Waals surface area contributed by atoms with Crippen LogP contribution in [-0.2, 0) is 17.9 Å². The number of hydrogen-bond donors (Lipinski definition) is 2. The Kier molecular flexibility index (Phi) is 4.97. The number of nitrogens with zero attached hydrogens (tertiary/aromatic N) is 2. The first-order valence-corrected chi connectivity index (χ1v) is 8.14. The lowest BCUT2D eigenvalue weighted by molar-refractivity contribution is -0.128. The van der Waals surface area contributed by atoms with Crippen molar-refractivity contribution in [2.24, 2.45) is 10.7 Å². The average Bonchev–Trinajstić information content (AvgIpc) is 2.97. The summed E-state index contributed by atoms with van der Waals surface area (Å²) in [5, 5.41) is 9.30. The van der Waals surface area contributed by atoms with E-state index >= 15 is 0 Å². The number of phenolic OH excluding ortho intramolecular Hbond substituents is 1. The Morgan fingerprint density at radius 3 is 2.48 bits per heavy atom. The molecule has 0 spiro atoms. The number of aliphatic imine (C=N–C) groups is 1. The van der Waals surface area contributed by atoms with Crippen molar-refractivity contribution in [3.8, 4) is 5.75 Å². The maximum absolute atomic E-state index is 13.0. The van der Waals surface area contributed by atoms with E-state index in [0.29, 0.717) is 31.8 Å². The fourth-order valence-electron chi connectivity index (χ4n) is 2.92. The molecule has 0 aliphatic carbocycles. The number of carbonyl (C=O) groups is 1. The van der Waals surface area contributed by atoms with Gasteiger partial charge in [0.05, 0.1) is 12.6 Å². The third-order valence-corrected chi connectivity index (χ3v) is 4.32. The molecular weight excluding hydrogens is 321 g/mol. The second-order valence-electron chi connectivity index (χ2n) is 6.11. The van der Waals surface area contributed by atoms with Crippen molar-refractivity contribution in [3.05, 3.63) is 65.5 Å². The fraction of sp³-hybridized carbons (Fsp3) is 0.263. The Morgan fingerprint density at radius 2 is 1.80 bits per heavy atom. The van der Waals surface area contributed by atoms with Gasteiger partial charge < -0.3 is 15.7 Å². The monoisotopic (exact) mass is 341 g/mol. The molecule has 1 amide bonds. The summed E-state index contributed by atoms with van der Waals surface area (Å²) in [5.74, 6) is 0.341. The number of benzene rings is 2. The number of carbonyl (C=O) groups excluding carboxylic acids is 1. The van der Waals surface area contributed by atoms with Gasteiger partial charge in [-0.05, 0) is 41.8 Å². The molecular formula is C19H20FN3O2. The maximum atomic E-state index is 13.0. The third kappa shape index (κ3) is 4.15. The van der Waals surface area contributed by atoms with Crippen LogP contribution in [-0.4, -0.2) is 27.8 Å². The lowest BCUT2D eigenvalue weighted by atomic mass is 10.1. The standard InChI is InChI=1S/C19H20FN3O2/c20-15-5-1-14(2-6-15)12-23-17(9-10-18(23)25)19(21)22-11-13-3-7-16(24)8-4-13/h1-8,17,24H,9-12H2,(H2,21,22). The van der Waals surface area contributed by atoms with E-state index in [9.17, 15) is 14.3 Å². The second kappa shape index (κ2) is 7.34. The fourth-order valence-corrected chi connectivity index (χ4v) is 2.92. The Balaban J connectivity index is 1.70. The van der Waals surface area contributed by atoms with Gasteiger partial charge in [0.2, 0.25) is 5.91 Å². The lowest BCUT2D eigenvalue weighted by Gasteiger charge is -2.24. The maximum Gasteiger partial charge on any atom is 0.223 e. The van der Waals surface area contributed by atoms with Gasteiger partial charge in [0.25, 0.3) is 0 Å². The van der Waals surface area contributed by atoms with E-state index in [0.717, 1.165) is 11.1 Å². The van der Waals surface area contributed by atoms with Crippen molar-refractivity contribution in [2.45, 2.75) is 32.0 Å². The van der Waals surface area contributed by atoms with Crippen LogP contribution in [0.4, 0.5) is 4.39 Å². The number of halogens is 1. The van der Waals surface area contributed by atoms with Crippen molar-refractivity contribution in [1.82, 2.24) is 4.90 Å². The van der Waals surface area contributed by atoms with Crippen LogP contribution in [0.5, 0.6) is 5.75 Å². The molecule has 5 nitrogen and oxygen atoms in total. The summed E-state index contributed by atoms with van der Waals surface area (Å²) in [7, 11) is 0. The van der Waals surface area contributed by atoms with Gasteiger partial charge in [0.15, 0.2) is 0 Å². The van der Waals surface area contributed by atoms with Crippen LogP contribution in [0.25, 0.3) is 0 Å². The van der Waals surface area contributed by atoms with Crippen LogP contribution >= 0.6 is 0 Å². The topological polar surface area (TPSA) is 78.9 Å². The molecule has 3 N–H and O–H groups in total. The molecule has 2 aromatic carbocycles. The molecule has 6 heteroatoms. The molecule has 130 valence electrons. The first-order chi connectivity index (χ1) is 12.0. The van der Waals surface area contributed by atoms with Gasteiger partial charge in [-0.1, -0.05) is 24.3 Å². The minimum Gasteiger partial charge on any atom is -0.508 e. The Labute approximate surface area is 145 Å². The number of amidine groups is 1. The summed E-state index contributed by atoms with van der Waals surface area (Å²) in [6, 6.07) is 12.6. The van der Waals surface area contributed by atoms with Crippen LogP contribution in [0.2, 0.25) is 0 Å². The molecule has 25 heavy (non-hydrogen) atoms. The summed E-state index contributed by atoms with van der Waals surface area (Å²) in [4.78, 5) is 18.3. The first kappa shape index (κ1) is 17.0. The van der Waals surface area contributed by atoms with Gasteiger partial charge in [-0.2, -0.15) is 0 Å². The first-order valence-electron chi connectivity index (χ1n) is 8.14. The van der Waals surface area contributed by atoms with Gasteiger partial charge >= 0.3 is 0 Å². The molecule has 1 aliphatic rings. The molecule has 1 fully saturated rings. The molecule has 0 bridgehead atoms. The minimum atomic E-state index is -0.303. The van der Waals surface area contributed by atoms with Gasteiger partial charge in [0.1, 0.15) is 17.4 Å². The number of amides is 1. The molecule has 1 aliphatic heterocycles. The Hall–Kier alpha value is -2.89. The van der Waals surface area contributed by atoms with E-state index in [1.165, 1.54) is 12.1 Å². The summed E-state index contributed by atoms with van der Waals surface area (Å²) in [5.41, 5.74) is 7.91. The zero-order chi connectivity index (χ0) is 17.8. The van der Waals surface area contributed by atoms with Crippen LogP contribution in [0.3, 0.4) is 0 Å². The SMILES string of the molecule is NC(=NCc1ccc(O)cc1)C1CCC(=O)N1Cc1ccc(F)cc1. The Bertz CT molecular complexity index is 772. The highest BCUT2D eigenvalue weighted by Gasteiger charge is 2.33. The third-order valence-electron chi connectivity index (χ3n) is 4.32. The van der Waals surface area contributed by atoms with E-state index in [1.54, 1.807) is 41.3 Å². The molecule has 2 aromatic rings.